The van der Waals surface area contributed by atoms with E-state index in [2.05, 4.69) is 10.3 Å². The number of nitrogens with one attached hydrogen (secondary N) is 1. The SMILES string of the molecule is O=C(CCn1cccc1)Nc1ccccn1. The number of pyridine rings is 1. The summed E-state index contributed by atoms with van der Waals surface area (Å²) in [4.78, 5) is 15.6. The number of carbonyl (C=O) groups is 1. The second kappa shape index (κ2) is 5.11. The van der Waals surface area contributed by atoms with Crippen LogP contribution in [0.4, 0.5) is 5.82 Å². The van der Waals surface area contributed by atoms with Crippen molar-refractivity contribution >= 4 is 11.7 Å². The molecule has 2 aromatic heterocycles. The highest BCUT2D eigenvalue weighted by Crippen LogP contribution is 2.01. The highest BCUT2D eigenvalue weighted by Gasteiger charge is 2.02. The lowest BCUT2D eigenvalue weighted by molar-refractivity contribution is -0.116. The van der Waals surface area contributed by atoms with Gasteiger partial charge in [0.25, 0.3) is 0 Å². The fourth-order valence-corrected chi connectivity index (χ4v) is 1.39. The van der Waals surface area contributed by atoms with Gasteiger partial charge in [0.15, 0.2) is 0 Å². The van der Waals surface area contributed by atoms with Crippen LogP contribution in [0.3, 0.4) is 0 Å². The summed E-state index contributed by atoms with van der Waals surface area (Å²) < 4.78 is 1.97. The molecule has 2 aromatic rings. The summed E-state index contributed by atoms with van der Waals surface area (Å²) in [5, 5.41) is 2.74. The predicted octanol–water partition coefficient (Wildman–Crippen LogP) is 1.91. The van der Waals surface area contributed by atoms with Crippen LogP contribution in [0.5, 0.6) is 0 Å². The lowest BCUT2D eigenvalue weighted by Crippen LogP contribution is -2.14. The largest absolute Gasteiger partial charge is 0.354 e. The summed E-state index contributed by atoms with van der Waals surface area (Å²) in [6.45, 7) is 0.686. The number of aryl methyl sites for hydroxylation is 1. The third-order valence-electron chi connectivity index (χ3n) is 2.20. The molecule has 4 nitrogen and oxygen atoms in total. The molecule has 82 valence electrons. The number of anilines is 1. The van der Waals surface area contributed by atoms with E-state index in [9.17, 15) is 4.79 Å². The minimum absolute atomic E-state index is 0.0209. The number of aromatic nitrogens is 2. The molecule has 0 aliphatic carbocycles. The summed E-state index contributed by atoms with van der Waals surface area (Å²) in [7, 11) is 0. The number of carbonyl (C=O) groups excluding carboxylic acids is 1. The van der Waals surface area contributed by atoms with Crippen LogP contribution in [0.2, 0.25) is 0 Å². The van der Waals surface area contributed by atoms with E-state index in [1.165, 1.54) is 0 Å². The van der Waals surface area contributed by atoms with Gasteiger partial charge in [-0.15, -0.1) is 0 Å². The molecule has 0 aliphatic heterocycles. The van der Waals surface area contributed by atoms with E-state index in [1.807, 2.05) is 41.2 Å². The van der Waals surface area contributed by atoms with Crippen LogP contribution in [0.1, 0.15) is 6.42 Å². The zero-order valence-corrected chi connectivity index (χ0v) is 8.84. The third kappa shape index (κ3) is 2.95. The van der Waals surface area contributed by atoms with E-state index in [0.29, 0.717) is 18.8 Å². The molecule has 4 heteroatoms. The van der Waals surface area contributed by atoms with Gasteiger partial charge in [-0.2, -0.15) is 0 Å². The van der Waals surface area contributed by atoms with Gasteiger partial charge >= 0.3 is 0 Å². The van der Waals surface area contributed by atoms with E-state index in [-0.39, 0.29) is 5.91 Å². The summed E-state index contributed by atoms with van der Waals surface area (Å²) >= 11 is 0. The molecule has 0 spiro atoms. The van der Waals surface area contributed by atoms with Crippen LogP contribution >= 0.6 is 0 Å². The average Bonchev–Trinajstić information content (AvgIpc) is 2.81. The zero-order valence-electron chi connectivity index (χ0n) is 8.84. The Bertz CT molecular complexity index is 437. The molecule has 1 amide bonds. The second-order valence-electron chi connectivity index (χ2n) is 3.43. The van der Waals surface area contributed by atoms with Crippen molar-refractivity contribution in [1.82, 2.24) is 9.55 Å². The van der Waals surface area contributed by atoms with Gasteiger partial charge in [0, 0.05) is 31.6 Å². The molecule has 0 saturated carbocycles. The maximum Gasteiger partial charge on any atom is 0.227 e. The Hall–Kier alpha value is -2.10. The maximum absolute atomic E-state index is 11.5. The first kappa shape index (κ1) is 10.4. The lowest BCUT2D eigenvalue weighted by Gasteiger charge is -2.04. The topological polar surface area (TPSA) is 46.9 Å². The normalized spacial score (nSPS) is 10.0. The number of nitrogens with zero attached hydrogens (tertiary/aromatic N) is 2. The summed E-state index contributed by atoms with van der Waals surface area (Å²) in [6, 6.07) is 9.31. The molecule has 0 fully saturated rings. The van der Waals surface area contributed by atoms with Gasteiger partial charge in [0.1, 0.15) is 5.82 Å². The van der Waals surface area contributed by atoms with Crippen molar-refractivity contribution in [1.29, 1.82) is 0 Å². The van der Waals surface area contributed by atoms with Crippen molar-refractivity contribution in [2.45, 2.75) is 13.0 Å². The van der Waals surface area contributed by atoms with Crippen LogP contribution in [0.25, 0.3) is 0 Å². The minimum Gasteiger partial charge on any atom is -0.354 e. The van der Waals surface area contributed by atoms with Gasteiger partial charge in [0.05, 0.1) is 0 Å². The van der Waals surface area contributed by atoms with Gasteiger partial charge in [-0.1, -0.05) is 6.07 Å². The molecule has 0 aromatic carbocycles. The fourth-order valence-electron chi connectivity index (χ4n) is 1.39. The number of amides is 1. The Morgan fingerprint density at radius 1 is 1.25 bits per heavy atom. The molecule has 2 heterocycles. The van der Waals surface area contributed by atoms with E-state index < -0.39 is 0 Å². The van der Waals surface area contributed by atoms with Crippen molar-refractivity contribution in [3.8, 4) is 0 Å². The highest BCUT2D eigenvalue weighted by molar-refractivity contribution is 5.89. The van der Waals surface area contributed by atoms with E-state index in [1.54, 1.807) is 12.3 Å². The van der Waals surface area contributed by atoms with Crippen molar-refractivity contribution in [3.63, 3.8) is 0 Å². The van der Waals surface area contributed by atoms with E-state index in [0.717, 1.165) is 0 Å². The third-order valence-corrected chi connectivity index (χ3v) is 2.20. The van der Waals surface area contributed by atoms with Crippen LogP contribution in [0.15, 0.2) is 48.9 Å². The zero-order chi connectivity index (χ0) is 11.2. The van der Waals surface area contributed by atoms with Gasteiger partial charge in [-0.25, -0.2) is 4.98 Å². The Kier molecular flexibility index (Phi) is 3.33. The molecule has 2 rings (SSSR count). The Morgan fingerprint density at radius 2 is 2.06 bits per heavy atom. The molecular weight excluding hydrogens is 202 g/mol. The maximum atomic E-state index is 11.5. The lowest BCUT2D eigenvalue weighted by atomic mass is 10.4. The molecule has 16 heavy (non-hydrogen) atoms. The second-order valence-corrected chi connectivity index (χ2v) is 3.43. The quantitative estimate of drug-likeness (QED) is 0.846. The van der Waals surface area contributed by atoms with E-state index in [4.69, 9.17) is 0 Å². The fraction of sp³-hybridized carbons (Fsp3) is 0.167. The van der Waals surface area contributed by atoms with Crippen LogP contribution < -0.4 is 5.32 Å². The minimum atomic E-state index is -0.0209. The molecule has 1 N–H and O–H groups in total. The highest BCUT2D eigenvalue weighted by atomic mass is 16.1. The van der Waals surface area contributed by atoms with Gasteiger partial charge < -0.3 is 9.88 Å². The molecule has 0 atom stereocenters. The first-order chi connectivity index (χ1) is 7.84. The first-order valence-electron chi connectivity index (χ1n) is 5.16. The van der Waals surface area contributed by atoms with Crippen LogP contribution in [-0.2, 0) is 11.3 Å². The number of hydrogen-bond acceptors (Lipinski definition) is 2. The standard InChI is InChI=1S/C12H13N3O/c16-12(6-10-15-8-3-4-9-15)14-11-5-1-2-7-13-11/h1-5,7-9H,6,10H2,(H,13,14,16). The average molecular weight is 215 g/mol. The van der Waals surface area contributed by atoms with Crippen molar-refractivity contribution in [2.75, 3.05) is 5.32 Å². The molecule has 0 radical (unpaired) electrons. The molecule has 0 unspecified atom stereocenters. The summed E-state index contributed by atoms with van der Waals surface area (Å²) in [5.41, 5.74) is 0. The Balaban J connectivity index is 1.81. The molecule has 0 aliphatic rings. The molecule has 0 bridgehead atoms. The Labute approximate surface area is 93.9 Å². The number of hydrogen-bond donors (Lipinski definition) is 1. The van der Waals surface area contributed by atoms with Crippen LogP contribution in [-0.4, -0.2) is 15.5 Å². The van der Waals surface area contributed by atoms with Gasteiger partial charge in [-0.3, -0.25) is 4.79 Å². The summed E-state index contributed by atoms with van der Waals surface area (Å²) in [5.74, 6) is 0.576. The molecule has 0 saturated heterocycles. The monoisotopic (exact) mass is 215 g/mol. The Morgan fingerprint density at radius 3 is 2.75 bits per heavy atom. The van der Waals surface area contributed by atoms with Gasteiger partial charge in [-0.05, 0) is 24.3 Å². The van der Waals surface area contributed by atoms with Crippen molar-refractivity contribution in [2.24, 2.45) is 0 Å². The van der Waals surface area contributed by atoms with Gasteiger partial charge in [0.2, 0.25) is 5.91 Å². The number of rotatable bonds is 4. The van der Waals surface area contributed by atoms with Crippen molar-refractivity contribution < 1.29 is 4.79 Å². The summed E-state index contributed by atoms with van der Waals surface area (Å²) in [6.07, 6.45) is 5.98. The van der Waals surface area contributed by atoms with E-state index >= 15 is 0 Å². The van der Waals surface area contributed by atoms with Crippen molar-refractivity contribution in [3.05, 3.63) is 48.9 Å². The molecular formula is C12H13N3O. The smallest absolute Gasteiger partial charge is 0.227 e. The predicted molar refractivity (Wildman–Crippen MR) is 61.9 cm³/mol. The van der Waals surface area contributed by atoms with Crippen LogP contribution in [0, 0.1) is 0 Å². The first-order valence-corrected chi connectivity index (χ1v) is 5.16.